The van der Waals surface area contributed by atoms with E-state index in [9.17, 15) is 4.79 Å². The van der Waals surface area contributed by atoms with Crippen LogP contribution in [0.2, 0.25) is 0 Å². The molecule has 114 valence electrons. The number of esters is 1. The van der Waals surface area contributed by atoms with Gasteiger partial charge in [-0.05, 0) is 37.3 Å². The molecule has 1 aromatic heterocycles. The number of hydrogen-bond donors (Lipinski definition) is 1. The molecule has 1 atom stereocenters. The van der Waals surface area contributed by atoms with Crippen LogP contribution in [-0.2, 0) is 11.2 Å². The number of rotatable bonds is 4. The van der Waals surface area contributed by atoms with Crippen LogP contribution in [0, 0.1) is 0 Å². The van der Waals surface area contributed by atoms with Gasteiger partial charge in [-0.2, -0.15) is 0 Å². The molecule has 1 aromatic carbocycles. The summed E-state index contributed by atoms with van der Waals surface area (Å²) in [6.45, 7) is 2.12. The zero-order valence-electron chi connectivity index (χ0n) is 12.6. The van der Waals surface area contributed by atoms with E-state index in [1.54, 1.807) is 6.92 Å². The summed E-state index contributed by atoms with van der Waals surface area (Å²) in [6.07, 6.45) is 6.33. The average Bonchev–Trinajstić information content (AvgIpc) is 2.56. The summed E-state index contributed by atoms with van der Waals surface area (Å²) in [4.78, 5) is 20.0. The molecule has 0 amide bonds. The number of ether oxygens (including phenoxy) is 1. The van der Waals surface area contributed by atoms with Crippen molar-refractivity contribution in [3.05, 3.63) is 53.3 Å². The van der Waals surface area contributed by atoms with E-state index in [-0.39, 0.29) is 6.04 Å². The van der Waals surface area contributed by atoms with Crippen molar-refractivity contribution in [1.82, 2.24) is 9.97 Å². The van der Waals surface area contributed by atoms with Crippen LogP contribution in [0.15, 0.2) is 36.7 Å². The Morgan fingerprint density at radius 3 is 2.86 bits per heavy atom. The molecule has 0 radical (unpaired) electrons. The van der Waals surface area contributed by atoms with Crippen molar-refractivity contribution in [3.8, 4) is 0 Å². The van der Waals surface area contributed by atoms with E-state index in [4.69, 9.17) is 4.74 Å². The van der Waals surface area contributed by atoms with Crippen molar-refractivity contribution in [3.63, 3.8) is 0 Å². The van der Waals surface area contributed by atoms with E-state index >= 15 is 0 Å². The zero-order valence-corrected chi connectivity index (χ0v) is 12.6. The quantitative estimate of drug-likeness (QED) is 0.878. The van der Waals surface area contributed by atoms with Crippen LogP contribution in [0.1, 0.15) is 47.3 Å². The summed E-state index contributed by atoms with van der Waals surface area (Å²) >= 11 is 0. The highest BCUT2D eigenvalue weighted by atomic mass is 16.5. The maximum absolute atomic E-state index is 11.6. The zero-order chi connectivity index (χ0) is 15.4. The van der Waals surface area contributed by atoms with Gasteiger partial charge in [0.2, 0.25) is 5.95 Å². The van der Waals surface area contributed by atoms with Crippen molar-refractivity contribution >= 4 is 11.9 Å². The second kappa shape index (κ2) is 6.56. The standard InChI is InChI=1S/C17H19N3O2/c1-2-22-16(21)13-10-18-17(19-11-13)20-15-9-5-7-12-6-3-4-8-14(12)15/h3-4,6,8,10-11,15H,2,5,7,9H2,1H3,(H,18,19,20)/t15-/m1/s1. The van der Waals surface area contributed by atoms with Gasteiger partial charge in [-0.15, -0.1) is 0 Å². The van der Waals surface area contributed by atoms with Crippen molar-refractivity contribution in [2.45, 2.75) is 32.2 Å². The first-order valence-corrected chi connectivity index (χ1v) is 7.61. The Morgan fingerprint density at radius 1 is 1.32 bits per heavy atom. The van der Waals surface area contributed by atoms with Crippen molar-refractivity contribution in [2.24, 2.45) is 0 Å². The van der Waals surface area contributed by atoms with Crippen LogP contribution < -0.4 is 5.32 Å². The molecule has 0 saturated heterocycles. The SMILES string of the molecule is CCOC(=O)c1cnc(N[C@@H]2CCCc3ccccc32)nc1. The highest BCUT2D eigenvalue weighted by Gasteiger charge is 2.20. The largest absolute Gasteiger partial charge is 0.462 e. The number of anilines is 1. The van der Waals surface area contributed by atoms with Gasteiger partial charge in [-0.25, -0.2) is 14.8 Å². The van der Waals surface area contributed by atoms with Crippen molar-refractivity contribution in [1.29, 1.82) is 0 Å². The van der Waals surface area contributed by atoms with Gasteiger partial charge in [0.05, 0.1) is 18.2 Å². The molecule has 1 aliphatic rings. The Bertz CT molecular complexity index is 655. The minimum Gasteiger partial charge on any atom is -0.462 e. The van der Waals surface area contributed by atoms with Crippen molar-refractivity contribution < 1.29 is 9.53 Å². The molecule has 5 heteroatoms. The second-order valence-electron chi connectivity index (χ2n) is 5.30. The molecule has 22 heavy (non-hydrogen) atoms. The number of nitrogens with one attached hydrogen (secondary N) is 1. The third-order valence-corrected chi connectivity index (χ3v) is 3.84. The van der Waals surface area contributed by atoms with E-state index in [1.807, 2.05) is 0 Å². The fraction of sp³-hybridized carbons (Fsp3) is 0.353. The predicted octanol–water partition coefficient (Wildman–Crippen LogP) is 3.14. The van der Waals surface area contributed by atoms with Gasteiger partial charge in [0.1, 0.15) is 0 Å². The minimum absolute atomic E-state index is 0.221. The summed E-state index contributed by atoms with van der Waals surface area (Å²) in [6, 6.07) is 8.68. The highest BCUT2D eigenvalue weighted by molar-refractivity contribution is 5.88. The van der Waals surface area contributed by atoms with Crippen LogP contribution in [0.4, 0.5) is 5.95 Å². The number of nitrogens with zero attached hydrogens (tertiary/aromatic N) is 2. The lowest BCUT2D eigenvalue weighted by Gasteiger charge is -2.26. The van der Waals surface area contributed by atoms with Crippen LogP contribution in [0.5, 0.6) is 0 Å². The lowest BCUT2D eigenvalue weighted by Crippen LogP contribution is -2.18. The van der Waals surface area contributed by atoms with E-state index in [0.717, 1.165) is 19.3 Å². The van der Waals surface area contributed by atoms with E-state index in [0.29, 0.717) is 18.1 Å². The fourth-order valence-corrected chi connectivity index (χ4v) is 2.78. The smallest absolute Gasteiger partial charge is 0.341 e. The lowest BCUT2D eigenvalue weighted by atomic mass is 9.88. The molecular weight excluding hydrogens is 278 g/mol. The summed E-state index contributed by atoms with van der Waals surface area (Å²) in [5.41, 5.74) is 3.07. The Labute approximate surface area is 129 Å². The van der Waals surface area contributed by atoms with E-state index in [1.165, 1.54) is 23.5 Å². The van der Waals surface area contributed by atoms with E-state index < -0.39 is 5.97 Å². The number of aryl methyl sites for hydroxylation is 1. The van der Waals surface area contributed by atoms with Gasteiger partial charge in [-0.1, -0.05) is 24.3 Å². The second-order valence-corrected chi connectivity index (χ2v) is 5.30. The number of fused-ring (bicyclic) bond motifs is 1. The monoisotopic (exact) mass is 297 g/mol. The van der Waals surface area contributed by atoms with Gasteiger partial charge in [-0.3, -0.25) is 0 Å². The number of hydrogen-bond acceptors (Lipinski definition) is 5. The number of carbonyl (C=O) groups excluding carboxylic acids is 1. The van der Waals surface area contributed by atoms with Gasteiger partial charge < -0.3 is 10.1 Å². The Kier molecular flexibility index (Phi) is 4.32. The van der Waals surface area contributed by atoms with Crippen LogP contribution in [-0.4, -0.2) is 22.5 Å². The summed E-state index contributed by atoms with van der Waals surface area (Å²) < 4.78 is 4.92. The maximum atomic E-state index is 11.6. The Hall–Kier alpha value is -2.43. The normalized spacial score (nSPS) is 16.7. The molecule has 3 rings (SSSR count). The van der Waals surface area contributed by atoms with Crippen LogP contribution in [0.3, 0.4) is 0 Å². The Balaban J connectivity index is 1.73. The van der Waals surface area contributed by atoms with Crippen LogP contribution >= 0.6 is 0 Å². The number of benzene rings is 1. The molecule has 5 nitrogen and oxygen atoms in total. The molecule has 0 bridgehead atoms. The minimum atomic E-state index is -0.392. The van der Waals surface area contributed by atoms with Gasteiger partial charge >= 0.3 is 5.97 Å². The summed E-state index contributed by atoms with van der Waals surface area (Å²) in [5.74, 6) is 0.145. The Morgan fingerprint density at radius 2 is 2.09 bits per heavy atom. The fourth-order valence-electron chi connectivity index (χ4n) is 2.78. The molecule has 0 fully saturated rings. The number of carbonyl (C=O) groups is 1. The molecule has 1 N–H and O–H groups in total. The predicted molar refractivity (Wildman–Crippen MR) is 83.7 cm³/mol. The highest BCUT2D eigenvalue weighted by Crippen LogP contribution is 2.31. The van der Waals surface area contributed by atoms with Crippen molar-refractivity contribution in [2.75, 3.05) is 11.9 Å². The average molecular weight is 297 g/mol. The molecule has 0 aliphatic heterocycles. The molecule has 0 spiro atoms. The number of aromatic nitrogens is 2. The summed E-state index contributed by atoms with van der Waals surface area (Å²) in [7, 11) is 0. The first-order chi connectivity index (χ1) is 10.8. The molecule has 2 aromatic rings. The van der Waals surface area contributed by atoms with Gasteiger partial charge in [0.15, 0.2) is 0 Å². The maximum Gasteiger partial charge on any atom is 0.341 e. The summed E-state index contributed by atoms with van der Waals surface area (Å²) in [5, 5.41) is 3.36. The van der Waals surface area contributed by atoms with E-state index in [2.05, 4.69) is 39.6 Å². The first-order valence-electron chi connectivity index (χ1n) is 7.61. The third kappa shape index (κ3) is 3.08. The molecular formula is C17H19N3O2. The first kappa shape index (κ1) is 14.5. The van der Waals surface area contributed by atoms with Gasteiger partial charge in [0, 0.05) is 12.4 Å². The molecule has 1 aliphatic carbocycles. The molecule has 0 unspecified atom stereocenters. The third-order valence-electron chi connectivity index (χ3n) is 3.84. The lowest BCUT2D eigenvalue weighted by molar-refractivity contribution is 0.0525. The van der Waals surface area contributed by atoms with Gasteiger partial charge in [0.25, 0.3) is 0 Å². The molecule has 0 saturated carbocycles. The van der Waals surface area contributed by atoms with Crippen LogP contribution in [0.25, 0.3) is 0 Å². The molecule has 1 heterocycles. The topological polar surface area (TPSA) is 64.1 Å².